The summed E-state index contributed by atoms with van der Waals surface area (Å²) >= 11 is 12.7. The van der Waals surface area contributed by atoms with Gasteiger partial charge in [0, 0.05) is 38.3 Å². The van der Waals surface area contributed by atoms with E-state index in [1.54, 1.807) is 24.3 Å². The Kier molecular flexibility index (Phi) is 5.13. The summed E-state index contributed by atoms with van der Waals surface area (Å²) in [6.07, 6.45) is 5.29. The molecule has 0 aliphatic rings. The first kappa shape index (κ1) is 19.2. The van der Waals surface area contributed by atoms with Crippen LogP contribution < -0.4 is 0 Å². The zero-order valence-corrected chi connectivity index (χ0v) is 16.8. The fourth-order valence-corrected chi connectivity index (χ4v) is 3.79. The number of benzene rings is 2. The normalized spacial score (nSPS) is 11.6. The van der Waals surface area contributed by atoms with Gasteiger partial charge in [0.25, 0.3) is 0 Å². The maximum Gasteiger partial charge on any atom is 0.338 e. The quantitative estimate of drug-likeness (QED) is 0.273. The van der Waals surface area contributed by atoms with E-state index < -0.39 is 4.92 Å². The first-order valence-electron chi connectivity index (χ1n) is 8.75. The van der Waals surface area contributed by atoms with Crippen LogP contribution in [0.1, 0.15) is 22.6 Å². The van der Waals surface area contributed by atoms with Gasteiger partial charge in [-0.2, -0.15) is 0 Å². The number of para-hydroxylation sites is 1. The number of aromatic nitrogens is 2. The van der Waals surface area contributed by atoms with E-state index in [1.165, 1.54) is 6.92 Å². The highest BCUT2D eigenvalue weighted by Gasteiger charge is 2.22. The summed E-state index contributed by atoms with van der Waals surface area (Å²) in [4.78, 5) is 10.7. The molecule has 0 bridgehead atoms. The highest BCUT2D eigenvalue weighted by molar-refractivity contribution is 6.36. The summed E-state index contributed by atoms with van der Waals surface area (Å²) in [5, 5.41) is 17.1. The summed E-state index contributed by atoms with van der Waals surface area (Å²) in [6.45, 7) is 2.03. The molecule has 0 N–H and O–H groups in total. The third kappa shape index (κ3) is 3.64. The molecule has 0 saturated heterocycles. The molecule has 29 heavy (non-hydrogen) atoms. The number of nitrogens with zero attached hydrogens (tertiary/aromatic N) is 3. The van der Waals surface area contributed by atoms with Crippen molar-refractivity contribution in [1.82, 2.24) is 9.72 Å². The van der Waals surface area contributed by atoms with Crippen LogP contribution >= 0.6 is 23.2 Å². The molecule has 0 radical (unpaired) electrons. The predicted molar refractivity (Wildman–Crippen MR) is 114 cm³/mol. The molecule has 2 aromatic carbocycles. The maximum atomic E-state index is 11.2. The Morgan fingerprint density at radius 2 is 1.86 bits per heavy atom. The second-order valence-corrected chi connectivity index (χ2v) is 7.32. The van der Waals surface area contributed by atoms with Gasteiger partial charge in [-0.25, -0.2) is 0 Å². The predicted octanol–water partition coefficient (Wildman–Crippen LogP) is 6.37. The Morgan fingerprint density at radius 1 is 1.14 bits per heavy atom. The van der Waals surface area contributed by atoms with Crippen molar-refractivity contribution in [2.45, 2.75) is 13.5 Å². The van der Waals surface area contributed by atoms with E-state index in [0.717, 1.165) is 22.0 Å². The summed E-state index contributed by atoms with van der Waals surface area (Å²) in [5.74, 6) is 0.110. The lowest BCUT2D eigenvalue weighted by atomic mass is 10.1. The minimum absolute atomic E-state index is 0.110. The first-order chi connectivity index (χ1) is 14.0. The van der Waals surface area contributed by atoms with Crippen LogP contribution in [0, 0.1) is 17.0 Å². The smallest absolute Gasteiger partial charge is 0.338 e. The van der Waals surface area contributed by atoms with E-state index >= 15 is 0 Å². The van der Waals surface area contributed by atoms with Gasteiger partial charge in [0.15, 0.2) is 5.69 Å². The van der Waals surface area contributed by atoms with Gasteiger partial charge < -0.3 is 9.09 Å². The molecule has 4 rings (SSSR count). The van der Waals surface area contributed by atoms with Crippen molar-refractivity contribution in [2.75, 3.05) is 0 Å². The highest BCUT2D eigenvalue weighted by Crippen LogP contribution is 2.30. The molecular weight excluding hydrogens is 413 g/mol. The number of hydrogen-bond acceptors (Lipinski definition) is 4. The Labute approximate surface area is 176 Å². The van der Waals surface area contributed by atoms with E-state index in [4.69, 9.17) is 27.7 Å². The lowest BCUT2D eigenvalue weighted by molar-refractivity contribution is -0.386. The number of hydrogen-bond donors (Lipinski definition) is 0. The van der Waals surface area contributed by atoms with Crippen LogP contribution in [0.25, 0.3) is 23.1 Å². The van der Waals surface area contributed by atoms with Crippen LogP contribution in [-0.4, -0.2) is 14.6 Å². The summed E-state index contributed by atoms with van der Waals surface area (Å²) < 4.78 is 7.15. The lowest BCUT2D eigenvalue weighted by Gasteiger charge is -2.09. The standard InChI is InChI=1S/C21H15Cl2N3O3/c1-13-21(26(27)28)20(29-24-13)10-9-14-11-25(19-8-3-2-5-15(14)19)12-16-17(22)6-4-7-18(16)23/h2-11H,12H2,1H3/b10-9+. The molecule has 146 valence electrons. The Morgan fingerprint density at radius 3 is 2.59 bits per heavy atom. The Bertz CT molecular complexity index is 1240. The summed E-state index contributed by atoms with van der Waals surface area (Å²) in [7, 11) is 0. The van der Waals surface area contributed by atoms with Crippen molar-refractivity contribution in [3.05, 3.63) is 91.4 Å². The SMILES string of the molecule is Cc1noc(/C=C/c2cn(Cc3c(Cl)cccc3Cl)c3ccccc23)c1[N+](=O)[O-]. The second-order valence-electron chi connectivity index (χ2n) is 6.50. The van der Waals surface area contributed by atoms with E-state index in [1.807, 2.05) is 41.1 Å². The minimum atomic E-state index is -0.492. The maximum absolute atomic E-state index is 11.2. The van der Waals surface area contributed by atoms with Crippen molar-refractivity contribution in [3.8, 4) is 0 Å². The average molecular weight is 428 g/mol. The van der Waals surface area contributed by atoms with Gasteiger partial charge in [0.05, 0.1) is 11.5 Å². The van der Waals surface area contributed by atoms with Gasteiger partial charge in [-0.3, -0.25) is 10.1 Å². The molecule has 8 heteroatoms. The number of nitro groups is 1. The lowest BCUT2D eigenvalue weighted by Crippen LogP contribution is -1.99. The second kappa shape index (κ2) is 7.73. The number of rotatable bonds is 5. The highest BCUT2D eigenvalue weighted by atomic mass is 35.5. The monoisotopic (exact) mass is 427 g/mol. The molecule has 6 nitrogen and oxygen atoms in total. The van der Waals surface area contributed by atoms with Gasteiger partial charge in [-0.05, 0) is 37.3 Å². The zero-order valence-electron chi connectivity index (χ0n) is 15.3. The van der Waals surface area contributed by atoms with Crippen LogP contribution in [0.4, 0.5) is 5.69 Å². The molecule has 0 aliphatic heterocycles. The number of fused-ring (bicyclic) bond motifs is 1. The van der Waals surface area contributed by atoms with Crippen molar-refractivity contribution >= 4 is 51.9 Å². The Balaban J connectivity index is 1.76. The third-order valence-corrected chi connectivity index (χ3v) is 5.37. The Hall–Kier alpha value is -3.09. The molecular formula is C21H15Cl2N3O3. The summed E-state index contributed by atoms with van der Waals surface area (Å²) in [5.41, 5.74) is 2.81. The molecule has 0 unspecified atom stereocenters. The van der Waals surface area contributed by atoms with Gasteiger partial charge in [0.1, 0.15) is 0 Å². The van der Waals surface area contributed by atoms with Gasteiger partial charge >= 0.3 is 5.69 Å². The molecule has 0 saturated carbocycles. The van der Waals surface area contributed by atoms with Crippen LogP contribution in [0.15, 0.2) is 53.2 Å². The van der Waals surface area contributed by atoms with E-state index in [9.17, 15) is 10.1 Å². The molecule has 0 spiro atoms. The van der Waals surface area contributed by atoms with Gasteiger partial charge in [-0.1, -0.05) is 52.6 Å². The molecule has 0 fully saturated rings. The fourth-order valence-electron chi connectivity index (χ4n) is 3.27. The van der Waals surface area contributed by atoms with E-state index in [-0.39, 0.29) is 17.1 Å². The molecule has 2 heterocycles. The van der Waals surface area contributed by atoms with Crippen molar-refractivity contribution in [3.63, 3.8) is 0 Å². The van der Waals surface area contributed by atoms with E-state index in [2.05, 4.69) is 5.16 Å². The summed E-state index contributed by atoms with van der Waals surface area (Å²) in [6, 6.07) is 13.3. The third-order valence-electron chi connectivity index (χ3n) is 4.66. The van der Waals surface area contributed by atoms with E-state index in [0.29, 0.717) is 16.6 Å². The number of aryl methyl sites for hydroxylation is 1. The molecule has 2 aromatic heterocycles. The average Bonchev–Trinajstić information content (AvgIpc) is 3.23. The largest absolute Gasteiger partial charge is 0.349 e. The fraction of sp³-hybridized carbons (Fsp3) is 0.0952. The van der Waals surface area contributed by atoms with Crippen molar-refractivity contribution < 1.29 is 9.45 Å². The van der Waals surface area contributed by atoms with Crippen LogP contribution in [-0.2, 0) is 6.54 Å². The van der Waals surface area contributed by atoms with Crippen LogP contribution in [0.2, 0.25) is 10.0 Å². The van der Waals surface area contributed by atoms with Crippen LogP contribution in [0.5, 0.6) is 0 Å². The minimum Gasteiger partial charge on any atom is -0.349 e. The molecule has 0 aliphatic carbocycles. The first-order valence-corrected chi connectivity index (χ1v) is 9.51. The zero-order chi connectivity index (χ0) is 20.5. The molecule has 0 amide bonds. The number of halogens is 2. The molecule has 4 aromatic rings. The topological polar surface area (TPSA) is 74.1 Å². The van der Waals surface area contributed by atoms with Crippen molar-refractivity contribution in [1.29, 1.82) is 0 Å². The van der Waals surface area contributed by atoms with Gasteiger partial charge in [0.2, 0.25) is 5.76 Å². The van der Waals surface area contributed by atoms with Gasteiger partial charge in [-0.15, -0.1) is 0 Å². The molecule has 0 atom stereocenters. The van der Waals surface area contributed by atoms with Crippen LogP contribution in [0.3, 0.4) is 0 Å². The van der Waals surface area contributed by atoms with Crippen molar-refractivity contribution in [2.24, 2.45) is 0 Å².